The van der Waals surface area contributed by atoms with Crippen LogP contribution in [0.1, 0.15) is 27.2 Å². The zero-order valence-corrected chi connectivity index (χ0v) is 6.92. The highest BCUT2D eigenvalue weighted by Crippen LogP contribution is 2.25. The highest BCUT2D eigenvalue weighted by atomic mass is 16.3. The summed E-state index contributed by atoms with van der Waals surface area (Å²) in [5.74, 6) is 0.573. The third-order valence-electron chi connectivity index (χ3n) is 2.27. The third-order valence-corrected chi connectivity index (χ3v) is 2.27. The Labute approximate surface area is 62.8 Å². The second-order valence-corrected chi connectivity index (χ2v) is 3.52. The Morgan fingerprint density at radius 3 is 2.60 bits per heavy atom. The van der Waals surface area contributed by atoms with E-state index in [1.54, 1.807) is 0 Å². The summed E-state index contributed by atoms with van der Waals surface area (Å²) in [5.41, 5.74) is 1.38. The van der Waals surface area contributed by atoms with E-state index in [1.165, 1.54) is 5.57 Å². The molecule has 0 aliphatic heterocycles. The average Bonchev–Trinajstić information content (AvgIpc) is 1.82. The molecule has 58 valence electrons. The van der Waals surface area contributed by atoms with Gasteiger partial charge in [0.05, 0.1) is 0 Å². The predicted octanol–water partition coefficient (Wildman–Crippen LogP) is 1.34. The van der Waals surface area contributed by atoms with E-state index < -0.39 is 0 Å². The van der Waals surface area contributed by atoms with Crippen LogP contribution in [-0.2, 0) is 0 Å². The molecule has 1 nitrogen and oxygen atoms in total. The van der Waals surface area contributed by atoms with E-state index in [1.807, 2.05) is 13.8 Å². The molecule has 0 heterocycles. The minimum atomic E-state index is -0.372. The number of hydrogen-bond acceptors (Lipinski definition) is 1. The van der Waals surface area contributed by atoms with Crippen LogP contribution in [0, 0.1) is 11.8 Å². The second-order valence-electron chi connectivity index (χ2n) is 3.52. The highest BCUT2D eigenvalue weighted by Gasteiger charge is 2.16. The van der Waals surface area contributed by atoms with E-state index in [0.29, 0.717) is 5.92 Å². The van der Waals surface area contributed by atoms with E-state index in [9.17, 15) is 5.11 Å². The van der Waals surface area contributed by atoms with Crippen LogP contribution in [0.3, 0.4) is 0 Å². The van der Waals surface area contributed by atoms with E-state index in [0.717, 1.165) is 6.42 Å². The molecule has 0 saturated heterocycles. The summed E-state index contributed by atoms with van der Waals surface area (Å²) in [5, 5.41) is 11.3. The molecule has 3 atom stereocenters. The second kappa shape index (κ2) is 2.75. The van der Waals surface area contributed by atoms with Crippen LogP contribution in [0.15, 0.2) is 11.6 Å². The maximum Gasteiger partial charge on any atom is -0.0307 e. The van der Waals surface area contributed by atoms with Crippen LogP contribution in [0.2, 0.25) is 0 Å². The fraction of sp³-hybridized carbons (Fsp3) is 0.778. The lowest BCUT2D eigenvalue weighted by atomic mass is 9.82. The van der Waals surface area contributed by atoms with E-state index >= 15 is 0 Å². The molecule has 0 spiro atoms. The molecule has 2 unspecified atom stereocenters. The Hall–Kier alpha value is -0.300. The van der Waals surface area contributed by atoms with Crippen molar-refractivity contribution in [2.24, 2.45) is 11.8 Å². The fourth-order valence-electron chi connectivity index (χ4n) is 1.75. The summed E-state index contributed by atoms with van der Waals surface area (Å²) >= 11 is 0. The normalized spacial score (nSPS) is 41.2. The van der Waals surface area contributed by atoms with Crippen molar-refractivity contribution in [3.8, 4) is 0 Å². The van der Waals surface area contributed by atoms with Crippen molar-refractivity contribution in [1.82, 2.24) is 0 Å². The molecule has 0 saturated carbocycles. The molecule has 1 aliphatic rings. The molecule has 1 rings (SSSR count). The molecule has 0 radical (unpaired) electrons. The maximum atomic E-state index is 11.3. The molecule has 0 amide bonds. The predicted molar refractivity (Wildman–Crippen MR) is 40.5 cm³/mol. The van der Waals surface area contributed by atoms with Crippen molar-refractivity contribution in [3.05, 3.63) is 11.6 Å². The van der Waals surface area contributed by atoms with Crippen molar-refractivity contribution in [3.63, 3.8) is 0 Å². The van der Waals surface area contributed by atoms with Crippen molar-refractivity contribution in [1.29, 1.82) is 0 Å². The molecule has 0 aromatic carbocycles. The number of rotatable bonds is 0. The van der Waals surface area contributed by atoms with Gasteiger partial charge < -0.3 is 5.11 Å². The van der Waals surface area contributed by atoms with Gasteiger partial charge in [-0.05, 0) is 19.3 Å². The molecule has 1 aliphatic carbocycles. The molecular weight excluding hydrogens is 124 g/mol. The van der Waals surface area contributed by atoms with Gasteiger partial charge in [0, 0.05) is 0 Å². The average molecular weight is 139 g/mol. The molecule has 0 bridgehead atoms. The monoisotopic (exact) mass is 139 g/mol. The highest BCUT2D eigenvalue weighted by molar-refractivity contribution is 5.07. The van der Waals surface area contributed by atoms with Crippen molar-refractivity contribution >= 4 is 0 Å². The van der Waals surface area contributed by atoms with Gasteiger partial charge in [-0.1, -0.05) is 31.4 Å². The maximum absolute atomic E-state index is 11.3. The van der Waals surface area contributed by atoms with Crippen LogP contribution < -0.4 is 5.11 Å². The van der Waals surface area contributed by atoms with Crippen LogP contribution in [-0.4, -0.2) is 6.10 Å². The molecule has 0 fully saturated rings. The summed E-state index contributed by atoms with van der Waals surface area (Å²) in [6.45, 7) is 6.17. The van der Waals surface area contributed by atoms with E-state index in [-0.39, 0.29) is 12.0 Å². The topological polar surface area (TPSA) is 23.1 Å². The molecule has 1 heteroatoms. The fourth-order valence-corrected chi connectivity index (χ4v) is 1.75. The quantitative estimate of drug-likeness (QED) is 0.464. The minimum absolute atomic E-state index is 0.240. The lowest BCUT2D eigenvalue weighted by molar-refractivity contribution is -0.442. The standard InChI is InChI=1S/C9H15O/c1-6-4-7(2)9(10)8(3)5-6/h4,7-9H,5H2,1-3H3/q-1/t7?,8-,9?/m1/s1. The Morgan fingerprint density at radius 1 is 1.50 bits per heavy atom. The summed E-state index contributed by atoms with van der Waals surface area (Å²) < 4.78 is 0. The summed E-state index contributed by atoms with van der Waals surface area (Å²) in [7, 11) is 0. The largest absolute Gasteiger partial charge is 0.851 e. The Bertz CT molecular complexity index is 149. The summed E-state index contributed by atoms with van der Waals surface area (Å²) in [6, 6.07) is 0. The van der Waals surface area contributed by atoms with Gasteiger partial charge >= 0.3 is 0 Å². The van der Waals surface area contributed by atoms with Crippen LogP contribution in [0.4, 0.5) is 0 Å². The number of allylic oxidation sites excluding steroid dienone is 1. The smallest absolute Gasteiger partial charge is 0.0307 e. The van der Waals surface area contributed by atoms with Crippen molar-refractivity contribution < 1.29 is 5.11 Å². The lowest BCUT2D eigenvalue weighted by Gasteiger charge is -2.38. The van der Waals surface area contributed by atoms with Crippen molar-refractivity contribution in [2.75, 3.05) is 0 Å². The number of hydrogen-bond donors (Lipinski definition) is 0. The van der Waals surface area contributed by atoms with Crippen LogP contribution in [0.5, 0.6) is 0 Å². The van der Waals surface area contributed by atoms with Gasteiger partial charge in [0.1, 0.15) is 0 Å². The van der Waals surface area contributed by atoms with Gasteiger partial charge in [-0.25, -0.2) is 0 Å². The summed E-state index contributed by atoms with van der Waals surface area (Å²) in [6.07, 6.45) is 2.74. The Kier molecular flexibility index (Phi) is 2.14. The van der Waals surface area contributed by atoms with Crippen molar-refractivity contribution in [2.45, 2.75) is 33.3 Å². The molecule has 0 aromatic rings. The lowest BCUT2D eigenvalue weighted by Crippen LogP contribution is -2.40. The molecule has 0 N–H and O–H groups in total. The Balaban J connectivity index is 2.69. The van der Waals surface area contributed by atoms with Gasteiger partial charge in [0.15, 0.2) is 0 Å². The SMILES string of the molecule is CC1=CC(C)C([O-])[C@H](C)C1. The molecule has 0 aromatic heterocycles. The minimum Gasteiger partial charge on any atom is -0.851 e. The van der Waals surface area contributed by atoms with E-state index in [2.05, 4.69) is 13.0 Å². The van der Waals surface area contributed by atoms with Gasteiger partial charge in [-0.3, -0.25) is 0 Å². The van der Waals surface area contributed by atoms with E-state index in [4.69, 9.17) is 0 Å². The van der Waals surface area contributed by atoms with Gasteiger partial charge in [0.2, 0.25) is 0 Å². The first-order valence-electron chi connectivity index (χ1n) is 3.94. The van der Waals surface area contributed by atoms with Gasteiger partial charge in [-0.2, -0.15) is 0 Å². The van der Waals surface area contributed by atoms with Gasteiger partial charge in [0.25, 0.3) is 0 Å². The molecule has 10 heavy (non-hydrogen) atoms. The first kappa shape index (κ1) is 7.80. The first-order valence-corrected chi connectivity index (χ1v) is 3.94. The third kappa shape index (κ3) is 1.40. The van der Waals surface area contributed by atoms with Crippen LogP contribution >= 0.6 is 0 Å². The molecular formula is C9H15O-. The summed E-state index contributed by atoms with van der Waals surface area (Å²) in [4.78, 5) is 0. The van der Waals surface area contributed by atoms with Gasteiger partial charge in [-0.15, -0.1) is 6.10 Å². The first-order chi connectivity index (χ1) is 4.61. The Morgan fingerprint density at radius 2 is 2.10 bits per heavy atom. The zero-order chi connectivity index (χ0) is 7.72. The zero-order valence-electron chi connectivity index (χ0n) is 6.92. The van der Waals surface area contributed by atoms with Crippen LogP contribution in [0.25, 0.3) is 0 Å².